The lowest BCUT2D eigenvalue weighted by atomic mass is 9.87. The maximum atomic E-state index is 11.6. The summed E-state index contributed by atoms with van der Waals surface area (Å²) in [5, 5.41) is 0. The number of hydrogen-bond acceptors (Lipinski definition) is 1. The maximum absolute atomic E-state index is 11.6. The van der Waals surface area contributed by atoms with Crippen molar-refractivity contribution in [2.45, 2.75) is 27.1 Å². The number of hydrogen-bond donors (Lipinski definition) is 0. The minimum absolute atomic E-state index is 0.414. The van der Waals surface area contributed by atoms with Gasteiger partial charge in [-0.25, -0.2) is 0 Å². The molecule has 0 unspecified atom stereocenters. The Balaban J connectivity index is 3.23. The molecule has 0 saturated heterocycles. The summed E-state index contributed by atoms with van der Waals surface area (Å²) in [6.45, 7) is 5.10. The molecule has 0 radical (unpaired) electrons. The molecule has 0 aromatic rings. The maximum Gasteiger partial charge on any atom is 0.159 e. The van der Waals surface area contributed by atoms with Crippen LogP contribution in [0.25, 0.3) is 0 Å². The quantitative estimate of drug-likeness (QED) is 0.521. The van der Waals surface area contributed by atoms with Crippen molar-refractivity contribution in [3.63, 3.8) is 0 Å². The number of ketones is 1. The highest BCUT2D eigenvalue weighted by Crippen LogP contribution is 2.26. The first-order valence-electron chi connectivity index (χ1n) is 4.70. The van der Waals surface area contributed by atoms with Crippen molar-refractivity contribution in [1.29, 1.82) is 0 Å². The molecule has 0 aromatic carbocycles. The molecule has 0 bridgehead atoms. The van der Waals surface area contributed by atoms with Gasteiger partial charge in [0.25, 0.3) is 0 Å². The van der Waals surface area contributed by atoms with Gasteiger partial charge in [-0.3, -0.25) is 4.79 Å². The second kappa shape index (κ2) is 2.65. The van der Waals surface area contributed by atoms with E-state index < -0.39 is 17.6 Å². The Morgan fingerprint density at radius 2 is 2.27 bits per heavy atom. The molecule has 11 heavy (non-hydrogen) atoms. The fourth-order valence-corrected chi connectivity index (χ4v) is 0.942. The average Bonchev–Trinajstić information content (AvgIpc) is 2.05. The highest BCUT2D eigenvalue weighted by molar-refractivity contribution is 5.95. The van der Waals surface area contributed by atoms with Crippen molar-refractivity contribution in [3.8, 4) is 0 Å². The predicted octanol–water partition coefficient (Wildman–Crippen LogP) is 2.49. The highest BCUT2D eigenvalue weighted by Gasteiger charge is 2.20. The van der Waals surface area contributed by atoms with Crippen molar-refractivity contribution in [2.24, 2.45) is 5.41 Å². The van der Waals surface area contributed by atoms with Crippen molar-refractivity contribution in [1.82, 2.24) is 0 Å². The van der Waals surface area contributed by atoms with Crippen LogP contribution in [0.3, 0.4) is 0 Å². The van der Waals surface area contributed by atoms with Crippen LogP contribution in [0.5, 0.6) is 0 Å². The summed E-state index contributed by atoms with van der Waals surface area (Å²) in [5.41, 5.74) is -0.259. The molecule has 0 spiro atoms. The van der Waals surface area contributed by atoms with Gasteiger partial charge < -0.3 is 0 Å². The Morgan fingerprint density at radius 3 is 2.91 bits per heavy atom. The zero-order valence-corrected chi connectivity index (χ0v) is 7.14. The third-order valence-corrected chi connectivity index (χ3v) is 1.65. The molecule has 0 heterocycles. The van der Waals surface area contributed by atoms with E-state index in [0.717, 1.165) is 0 Å². The number of carbonyl (C=O) groups is 1. The number of rotatable bonds is 0. The first kappa shape index (κ1) is 5.76. The van der Waals surface area contributed by atoms with Crippen LogP contribution in [0, 0.1) is 5.41 Å². The zero-order chi connectivity index (χ0) is 10.3. The first-order valence-corrected chi connectivity index (χ1v) is 3.70. The van der Waals surface area contributed by atoms with E-state index in [1.54, 1.807) is 39.0 Å². The molecule has 1 aliphatic rings. The van der Waals surface area contributed by atoms with E-state index in [1.807, 2.05) is 0 Å². The third-order valence-electron chi connectivity index (χ3n) is 1.65. The van der Waals surface area contributed by atoms with Crippen molar-refractivity contribution in [2.75, 3.05) is 0 Å². The van der Waals surface area contributed by atoms with E-state index in [-0.39, 0.29) is 0 Å². The summed E-state index contributed by atoms with van der Waals surface area (Å²) in [5.74, 6) is -0.414. The largest absolute Gasteiger partial charge is 0.295 e. The van der Waals surface area contributed by atoms with Gasteiger partial charge in [-0.15, -0.1) is 0 Å². The fraction of sp³-hybridized carbons (Fsp3) is 0.500. The van der Waals surface area contributed by atoms with Crippen LogP contribution in [0.15, 0.2) is 23.8 Å². The van der Waals surface area contributed by atoms with Crippen LogP contribution < -0.4 is 0 Å². The molecule has 0 atom stereocenters. The molecular formula is C10H14O. The minimum atomic E-state index is -1.80. The Labute approximate surface area is 70.6 Å². The summed E-state index contributed by atoms with van der Waals surface area (Å²) in [6, 6.07) is 0. The summed E-state index contributed by atoms with van der Waals surface area (Å²) in [4.78, 5) is 11.6. The van der Waals surface area contributed by atoms with Crippen LogP contribution in [-0.2, 0) is 4.79 Å². The van der Waals surface area contributed by atoms with E-state index >= 15 is 0 Å². The lowest BCUT2D eigenvalue weighted by Crippen LogP contribution is -2.13. The molecule has 1 aliphatic carbocycles. The van der Waals surface area contributed by atoms with Gasteiger partial charge in [0.05, 0.1) is 0 Å². The Morgan fingerprint density at radius 1 is 1.64 bits per heavy atom. The van der Waals surface area contributed by atoms with Crippen LogP contribution in [0.2, 0.25) is 0 Å². The van der Waals surface area contributed by atoms with Crippen LogP contribution in [0.4, 0.5) is 0 Å². The Hall–Kier alpha value is -0.850. The smallest absolute Gasteiger partial charge is 0.159 e. The minimum Gasteiger partial charge on any atom is -0.295 e. The van der Waals surface area contributed by atoms with Gasteiger partial charge in [0.15, 0.2) is 5.78 Å². The monoisotopic (exact) mass is 152 g/mol. The van der Waals surface area contributed by atoms with Crippen LogP contribution in [0.1, 0.15) is 29.9 Å². The molecule has 0 saturated carbocycles. The van der Waals surface area contributed by atoms with Gasteiger partial charge in [-0.2, -0.15) is 0 Å². The molecule has 0 aliphatic heterocycles. The lowest BCUT2D eigenvalue weighted by molar-refractivity contribution is -0.116. The predicted molar refractivity (Wildman–Crippen MR) is 46.3 cm³/mol. The second-order valence-corrected chi connectivity index (χ2v) is 3.38. The van der Waals surface area contributed by atoms with E-state index in [9.17, 15) is 4.79 Å². The first-order chi connectivity index (χ1) is 5.79. The molecular weight excluding hydrogens is 136 g/mol. The summed E-state index contributed by atoms with van der Waals surface area (Å²) >= 11 is 0. The van der Waals surface area contributed by atoms with E-state index in [1.165, 1.54) is 0 Å². The lowest BCUT2D eigenvalue weighted by Gasteiger charge is -2.16. The topological polar surface area (TPSA) is 17.1 Å². The van der Waals surface area contributed by atoms with Crippen molar-refractivity contribution >= 4 is 5.78 Å². The van der Waals surface area contributed by atoms with Gasteiger partial charge in [0.1, 0.15) is 0 Å². The normalized spacial score (nSPS) is 30.1. The van der Waals surface area contributed by atoms with Gasteiger partial charge in [-0.05, 0) is 17.9 Å². The zero-order valence-electron chi connectivity index (χ0n) is 9.14. The molecule has 0 aromatic heterocycles. The van der Waals surface area contributed by atoms with E-state index in [2.05, 4.69) is 0 Å². The summed E-state index contributed by atoms with van der Waals surface area (Å²) in [6.07, 6.45) is 3.34. The second-order valence-electron chi connectivity index (χ2n) is 3.38. The van der Waals surface area contributed by atoms with Crippen molar-refractivity contribution < 1.29 is 7.54 Å². The van der Waals surface area contributed by atoms with Gasteiger partial charge in [0, 0.05) is 9.11 Å². The third kappa shape index (κ3) is 2.04. The fourth-order valence-electron chi connectivity index (χ4n) is 0.942. The van der Waals surface area contributed by atoms with Crippen molar-refractivity contribution in [3.05, 3.63) is 23.8 Å². The summed E-state index contributed by atoms with van der Waals surface area (Å²) in [7, 11) is 0. The van der Waals surface area contributed by atoms with Crippen LogP contribution >= 0.6 is 0 Å². The molecule has 1 rings (SSSR count). The molecule has 0 fully saturated rings. The average molecular weight is 152 g/mol. The van der Waals surface area contributed by atoms with E-state index in [0.29, 0.717) is 5.57 Å². The summed E-state index contributed by atoms with van der Waals surface area (Å²) < 4.78 is 15.5. The Bertz CT molecular complexity index is 298. The molecule has 0 N–H and O–H groups in total. The number of allylic oxidation sites excluding steroid dienone is 4. The number of Topliss-reactive ketones (excluding diaryl/α,β-unsaturated/α-hetero) is 1. The molecule has 0 amide bonds. The SMILES string of the molecule is [2H]C1([2H])C(=O)C(C)=CC=CC1(C)C. The van der Waals surface area contributed by atoms with Crippen LogP contribution in [-0.4, -0.2) is 5.78 Å². The van der Waals surface area contributed by atoms with Gasteiger partial charge >= 0.3 is 0 Å². The van der Waals surface area contributed by atoms with Gasteiger partial charge in [0.2, 0.25) is 0 Å². The molecule has 1 heteroatoms. The number of carbonyl (C=O) groups excluding carboxylic acids is 1. The molecule has 60 valence electrons. The standard InChI is InChI=1S/C10H14O/c1-8-5-4-6-10(2,3)7-9(8)11/h4-6H,7H2,1-3H3/i7D2. The van der Waals surface area contributed by atoms with E-state index in [4.69, 9.17) is 2.74 Å². The molecule has 1 nitrogen and oxygen atoms in total. The Kier molecular flexibility index (Phi) is 1.39. The van der Waals surface area contributed by atoms with Gasteiger partial charge in [-0.1, -0.05) is 32.1 Å². The highest BCUT2D eigenvalue weighted by atomic mass is 16.1.